The van der Waals surface area contributed by atoms with E-state index >= 15 is 0 Å². The third-order valence-electron chi connectivity index (χ3n) is 7.04. The number of hydrogen-bond donors (Lipinski definition) is 0. The summed E-state index contributed by atoms with van der Waals surface area (Å²) in [4.78, 5) is 12.4. The third kappa shape index (κ3) is 4.75. The fraction of sp³-hybridized carbons (Fsp3) is 0.407. The van der Waals surface area contributed by atoms with Crippen molar-refractivity contribution in [2.75, 3.05) is 0 Å². The molecule has 166 valence electrons. The highest BCUT2D eigenvalue weighted by molar-refractivity contribution is 5.91. The number of nitriles is 1. The number of nitrogens with zero attached hydrogens (tertiary/aromatic N) is 1. The van der Waals surface area contributed by atoms with Gasteiger partial charge in [0.15, 0.2) is 0 Å². The van der Waals surface area contributed by atoms with Crippen LogP contribution in [0, 0.1) is 40.7 Å². The summed E-state index contributed by atoms with van der Waals surface area (Å²) in [6.07, 6.45) is 10.4. The van der Waals surface area contributed by atoms with Crippen LogP contribution in [0.2, 0.25) is 0 Å². The van der Waals surface area contributed by atoms with Gasteiger partial charge in [-0.1, -0.05) is 12.2 Å². The van der Waals surface area contributed by atoms with Crippen molar-refractivity contribution >= 4 is 5.97 Å². The number of rotatable bonds is 4. The van der Waals surface area contributed by atoms with Gasteiger partial charge in [0, 0.05) is 5.56 Å². The molecule has 4 atom stereocenters. The average molecular weight is 436 g/mol. The number of esters is 1. The molecule has 2 fully saturated rings. The molecule has 5 heteroatoms. The highest BCUT2D eigenvalue weighted by atomic mass is 19.1. The van der Waals surface area contributed by atoms with Gasteiger partial charge >= 0.3 is 5.97 Å². The molecule has 0 saturated heterocycles. The largest absolute Gasteiger partial charge is 0.423 e. The molecule has 0 N–H and O–H groups in total. The van der Waals surface area contributed by atoms with Gasteiger partial charge in [0.25, 0.3) is 0 Å². The van der Waals surface area contributed by atoms with Crippen LogP contribution in [0.1, 0.15) is 72.9 Å². The van der Waals surface area contributed by atoms with E-state index in [2.05, 4.69) is 19.1 Å². The van der Waals surface area contributed by atoms with Gasteiger partial charge in [-0.2, -0.15) is 5.26 Å². The summed E-state index contributed by atoms with van der Waals surface area (Å²) in [6, 6.07) is 10.1. The van der Waals surface area contributed by atoms with Crippen LogP contribution in [-0.2, 0) is 0 Å². The molecule has 0 amide bonds. The monoisotopic (exact) mass is 435 g/mol. The Morgan fingerprint density at radius 2 is 1.69 bits per heavy atom. The second kappa shape index (κ2) is 9.65. The van der Waals surface area contributed by atoms with Crippen LogP contribution in [0.4, 0.5) is 8.78 Å². The second-order valence-electron chi connectivity index (χ2n) is 9.01. The van der Waals surface area contributed by atoms with Crippen LogP contribution in [0.25, 0.3) is 0 Å². The molecule has 0 heterocycles. The zero-order valence-corrected chi connectivity index (χ0v) is 18.2. The second-order valence-corrected chi connectivity index (χ2v) is 9.01. The fourth-order valence-electron chi connectivity index (χ4n) is 5.49. The third-order valence-corrected chi connectivity index (χ3v) is 7.04. The minimum Gasteiger partial charge on any atom is -0.423 e. The van der Waals surface area contributed by atoms with Crippen molar-refractivity contribution in [2.45, 2.75) is 51.4 Å². The van der Waals surface area contributed by atoms with Gasteiger partial charge in [0.1, 0.15) is 17.4 Å². The highest BCUT2D eigenvalue weighted by Gasteiger charge is 2.37. The van der Waals surface area contributed by atoms with Crippen molar-refractivity contribution in [3.63, 3.8) is 0 Å². The maximum atomic E-state index is 15.0. The van der Waals surface area contributed by atoms with Crippen molar-refractivity contribution in [3.05, 3.63) is 76.9 Å². The molecule has 0 spiro atoms. The lowest BCUT2D eigenvalue weighted by Crippen LogP contribution is -2.30. The van der Waals surface area contributed by atoms with Gasteiger partial charge in [-0.05, 0) is 106 Å². The maximum absolute atomic E-state index is 15.0. The number of benzene rings is 2. The molecular weight excluding hydrogens is 408 g/mol. The molecule has 0 aromatic heterocycles. The van der Waals surface area contributed by atoms with Gasteiger partial charge in [-0.25, -0.2) is 13.6 Å². The summed E-state index contributed by atoms with van der Waals surface area (Å²) < 4.78 is 35.2. The Morgan fingerprint density at radius 1 is 1.03 bits per heavy atom. The Hall–Kier alpha value is -3.00. The van der Waals surface area contributed by atoms with E-state index in [4.69, 9.17) is 10.00 Å². The number of carbonyl (C=O) groups excluding carboxylic acids is 1. The van der Waals surface area contributed by atoms with E-state index in [1.165, 1.54) is 30.7 Å². The van der Waals surface area contributed by atoms with E-state index in [-0.39, 0.29) is 22.8 Å². The lowest BCUT2D eigenvalue weighted by molar-refractivity contribution is 0.0733. The van der Waals surface area contributed by atoms with E-state index in [1.807, 2.05) is 6.07 Å². The zero-order valence-electron chi connectivity index (χ0n) is 18.2. The highest BCUT2D eigenvalue weighted by Crippen LogP contribution is 2.48. The molecular formula is C27H27F2NO2. The van der Waals surface area contributed by atoms with Crippen LogP contribution in [-0.4, -0.2) is 5.97 Å². The van der Waals surface area contributed by atoms with Crippen molar-refractivity contribution in [1.82, 2.24) is 0 Å². The number of allylic oxidation sites excluding steroid dienone is 2. The molecule has 2 aliphatic carbocycles. The molecule has 32 heavy (non-hydrogen) atoms. The summed E-state index contributed by atoms with van der Waals surface area (Å²) in [6.45, 7) is 2.05. The van der Waals surface area contributed by atoms with Gasteiger partial charge in [-0.3, -0.25) is 0 Å². The molecule has 2 aromatic carbocycles. The van der Waals surface area contributed by atoms with Crippen LogP contribution in [0.15, 0.2) is 48.6 Å². The summed E-state index contributed by atoms with van der Waals surface area (Å²) in [5, 5.41) is 8.84. The van der Waals surface area contributed by atoms with Crippen LogP contribution in [0.5, 0.6) is 5.75 Å². The standard InChI is InChI=1S/C27H27F2NO2/c1-2-3-17-4-7-20-13-21(9-8-19(20)12-17)26-24(28)14-22(15-25(26)29)27(31)32-23-10-5-18(16-30)6-11-23/h2-3,5-6,10-11,14-15,17,19-21H,4,7-9,12-13H2,1H3/b3-2+. The van der Waals surface area contributed by atoms with E-state index in [9.17, 15) is 13.6 Å². The molecule has 2 saturated carbocycles. The number of carbonyl (C=O) groups is 1. The average Bonchev–Trinajstić information content (AvgIpc) is 2.79. The first-order chi connectivity index (χ1) is 15.5. The molecule has 4 rings (SSSR count). The van der Waals surface area contributed by atoms with Crippen LogP contribution in [0.3, 0.4) is 0 Å². The molecule has 0 radical (unpaired) electrons. The summed E-state index contributed by atoms with van der Waals surface area (Å²) in [5.41, 5.74) is 0.374. The van der Waals surface area contributed by atoms with Gasteiger partial charge < -0.3 is 4.74 Å². The molecule has 0 aliphatic heterocycles. The normalized spacial score (nSPS) is 25.2. The van der Waals surface area contributed by atoms with E-state index in [0.29, 0.717) is 23.3 Å². The first kappa shape index (κ1) is 22.2. The molecule has 2 aromatic rings. The summed E-state index contributed by atoms with van der Waals surface area (Å²) in [5.74, 6) is -0.351. The molecule has 2 aliphatic rings. The van der Waals surface area contributed by atoms with Crippen LogP contribution >= 0.6 is 0 Å². The number of fused-ring (bicyclic) bond motifs is 1. The van der Waals surface area contributed by atoms with Crippen molar-refractivity contribution in [1.29, 1.82) is 5.26 Å². The smallest absolute Gasteiger partial charge is 0.343 e. The van der Waals surface area contributed by atoms with E-state index in [0.717, 1.165) is 44.2 Å². The van der Waals surface area contributed by atoms with Crippen molar-refractivity contribution < 1.29 is 18.3 Å². The summed E-state index contributed by atoms with van der Waals surface area (Å²) in [7, 11) is 0. The summed E-state index contributed by atoms with van der Waals surface area (Å²) >= 11 is 0. The first-order valence-electron chi connectivity index (χ1n) is 11.3. The molecule has 0 bridgehead atoms. The minimum absolute atomic E-state index is 0.106. The van der Waals surface area contributed by atoms with E-state index in [1.54, 1.807) is 0 Å². The number of halogens is 2. The van der Waals surface area contributed by atoms with Crippen LogP contribution < -0.4 is 4.74 Å². The predicted octanol–water partition coefficient (Wildman–Crippen LogP) is 6.93. The minimum atomic E-state index is -0.829. The van der Waals surface area contributed by atoms with Gasteiger partial charge in [-0.15, -0.1) is 0 Å². The lowest BCUT2D eigenvalue weighted by atomic mass is 9.63. The molecule has 4 unspecified atom stereocenters. The SMILES string of the molecule is C/C=C/C1CCC2CC(c3c(F)cc(C(=O)Oc4ccc(C#N)cc4)cc3F)CCC2C1. The zero-order chi connectivity index (χ0) is 22.7. The van der Waals surface area contributed by atoms with Crippen molar-refractivity contribution in [2.24, 2.45) is 17.8 Å². The topological polar surface area (TPSA) is 50.1 Å². The van der Waals surface area contributed by atoms with Gasteiger partial charge in [0.2, 0.25) is 0 Å². The number of hydrogen-bond acceptors (Lipinski definition) is 3. The molecule has 3 nitrogen and oxygen atoms in total. The lowest BCUT2D eigenvalue weighted by Gasteiger charge is -2.42. The quantitative estimate of drug-likeness (QED) is 0.297. The fourth-order valence-corrected chi connectivity index (χ4v) is 5.49. The Balaban J connectivity index is 1.46. The van der Waals surface area contributed by atoms with E-state index < -0.39 is 17.6 Å². The van der Waals surface area contributed by atoms with Crippen molar-refractivity contribution in [3.8, 4) is 11.8 Å². The Labute approximate surface area is 187 Å². The maximum Gasteiger partial charge on any atom is 0.343 e. The first-order valence-corrected chi connectivity index (χ1v) is 11.3. The Bertz CT molecular complexity index is 1030. The number of ether oxygens (including phenoxy) is 1. The van der Waals surface area contributed by atoms with Gasteiger partial charge in [0.05, 0.1) is 17.2 Å². The Kier molecular flexibility index (Phi) is 6.69. The Morgan fingerprint density at radius 3 is 2.34 bits per heavy atom. The predicted molar refractivity (Wildman–Crippen MR) is 118 cm³/mol.